The summed E-state index contributed by atoms with van der Waals surface area (Å²) in [6.45, 7) is 0. The SMILES string of the molecule is Cn1cc(C(O)c2sccc2Cl)cn1. The second kappa shape index (κ2) is 3.73. The number of aromatic nitrogens is 2. The first kappa shape index (κ1) is 9.71. The van der Waals surface area contributed by atoms with Gasteiger partial charge in [0.15, 0.2) is 0 Å². The van der Waals surface area contributed by atoms with Crippen molar-refractivity contribution in [2.75, 3.05) is 0 Å². The molecule has 0 amide bonds. The van der Waals surface area contributed by atoms with Crippen LogP contribution >= 0.6 is 22.9 Å². The van der Waals surface area contributed by atoms with Crippen molar-refractivity contribution in [3.05, 3.63) is 39.3 Å². The highest BCUT2D eigenvalue weighted by molar-refractivity contribution is 7.10. The molecule has 1 atom stereocenters. The molecule has 0 saturated carbocycles. The van der Waals surface area contributed by atoms with Crippen molar-refractivity contribution in [2.45, 2.75) is 6.10 Å². The summed E-state index contributed by atoms with van der Waals surface area (Å²) in [5.74, 6) is 0. The van der Waals surface area contributed by atoms with E-state index in [0.29, 0.717) is 5.02 Å². The molecule has 0 spiro atoms. The van der Waals surface area contributed by atoms with Crippen molar-refractivity contribution in [2.24, 2.45) is 7.05 Å². The second-order valence-electron chi connectivity index (χ2n) is 2.98. The van der Waals surface area contributed by atoms with Gasteiger partial charge in [0, 0.05) is 18.8 Å². The number of hydrogen-bond acceptors (Lipinski definition) is 3. The number of aliphatic hydroxyl groups is 1. The molecule has 14 heavy (non-hydrogen) atoms. The summed E-state index contributed by atoms with van der Waals surface area (Å²) in [5, 5.41) is 16.4. The van der Waals surface area contributed by atoms with E-state index in [1.807, 2.05) is 12.4 Å². The molecule has 2 rings (SSSR count). The Morgan fingerprint density at radius 1 is 1.64 bits per heavy atom. The topological polar surface area (TPSA) is 38.0 Å². The van der Waals surface area contributed by atoms with E-state index in [2.05, 4.69) is 5.10 Å². The third-order valence-electron chi connectivity index (χ3n) is 1.93. The number of aryl methyl sites for hydroxylation is 1. The van der Waals surface area contributed by atoms with Crippen molar-refractivity contribution < 1.29 is 5.11 Å². The Hall–Kier alpha value is -0.840. The molecular weight excluding hydrogens is 220 g/mol. The van der Waals surface area contributed by atoms with Crippen molar-refractivity contribution in [3.8, 4) is 0 Å². The Kier molecular flexibility index (Phi) is 2.58. The fourth-order valence-electron chi connectivity index (χ4n) is 1.23. The van der Waals surface area contributed by atoms with Gasteiger partial charge < -0.3 is 5.11 Å². The normalized spacial score (nSPS) is 13.1. The first-order chi connectivity index (χ1) is 6.68. The van der Waals surface area contributed by atoms with Crippen molar-refractivity contribution in [3.63, 3.8) is 0 Å². The molecule has 1 unspecified atom stereocenters. The predicted molar refractivity (Wildman–Crippen MR) is 56.6 cm³/mol. The number of halogens is 1. The number of nitrogens with zero attached hydrogens (tertiary/aromatic N) is 2. The van der Waals surface area contributed by atoms with E-state index in [-0.39, 0.29) is 0 Å². The molecule has 5 heteroatoms. The first-order valence-electron chi connectivity index (χ1n) is 4.08. The van der Waals surface area contributed by atoms with E-state index in [1.54, 1.807) is 23.1 Å². The Balaban J connectivity index is 2.33. The van der Waals surface area contributed by atoms with Crippen LogP contribution in [-0.4, -0.2) is 14.9 Å². The molecule has 0 aliphatic carbocycles. The summed E-state index contributed by atoms with van der Waals surface area (Å²) in [6.07, 6.45) is 2.75. The van der Waals surface area contributed by atoms with E-state index >= 15 is 0 Å². The van der Waals surface area contributed by atoms with Crippen LogP contribution in [0.4, 0.5) is 0 Å². The standard InChI is InChI=1S/C9H9ClN2OS/c1-12-5-6(4-11-12)8(13)9-7(10)2-3-14-9/h2-5,8,13H,1H3. The zero-order valence-electron chi connectivity index (χ0n) is 7.51. The predicted octanol–water partition coefficient (Wildman–Crippen LogP) is 2.22. The van der Waals surface area contributed by atoms with Crippen LogP contribution in [0.25, 0.3) is 0 Å². The summed E-state index contributed by atoms with van der Waals surface area (Å²) in [4.78, 5) is 0.764. The summed E-state index contributed by atoms with van der Waals surface area (Å²) < 4.78 is 1.65. The lowest BCUT2D eigenvalue weighted by Gasteiger charge is -2.05. The summed E-state index contributed by atoms with van der Waals surface area (Å²) in [5.41, 5.74) is 0.761. The van der Waals surface area contributed by atoms with E-state index in [4.69, 9.17) is 11.6 Å². The quantitative estimate of drug-likeness (QED) is 0.856. The monoisotopic (exact) mass is 228 g/mol. The maximum atomic E-state index is 9.95. The molecule has 1 N–H and O–H groups in total. The van der Waals surface area contributed by atoms with E-state index in [0.717, 1.165) is 10.4 Å². The van der Waals surface area contributed by atoms with Gasteiger partial charge in [0.25, 0.3) is 0 Å². The third-order valence-corrected chi connectivity index (χ3v) is 3.34. The average molecular weight is 229 g/mol. The largest absolute Gasteiger partial charge is 0.383 e. The lowest BCUT2D eigenvalue weighted by molar-refractivity contribution is 0.224. The van der Waals surface area contributed by atoms with Crippen LogP contribution in [0.15, 0.2) is 23.8 Å². The first-order valence-corrected chi connectivity index (χ1v) is 5.33. The van der Waals surface area contributed by atoms with Gasteiger partial charge in [0.2, 0.25) is 0 Å². The smallest absolute Gasteiger partial charge is 0.118 e. The second-order valence-corrected chi connectivity index (χ2v) is 4.34. The Morgan fingerprint density at radius 3 is 2.93 bits per heavy atom. The molecule has 0 bridgehead atoms. The van der Waals surface area contributed by atoms with E-state index < -0.39 is 6.10 Å². The fraction of sp³-hybridized carbons (Fsp3) is 0.222. The molecular formula is C9H9ClN2OS. The van der Waals surface area contributed by atoms with Gasteiger partial charge in [-0.05, 0) is 11.4 Å². The number of aliphatic hydroxyl groups excluding tert-OH is 1. The Morgan fingerprint density at radius 2 is 2.43 bits per heavy atom. The molecule has 0 aromatic carbocycles. The van der Waals surface area contributed by atoms with Crippen molar-refractivity contribution >= 4 is 22.9 Å². The third kappa shape index (κ3) is 1.68. The molecule has 0 aliphatic heterocycles. The minimum absolute atomic E-state index is 0.603. The molecule has 0 radical (unpaired) electrons. The van der Waals surface area contributed by atoms with Crippen LogP contribution in [-0.2, 0) is 7.05 Å². The minimum Gasteiger partial charge on any atom is -0.383 e. The van der Waals surface area contributed by atoms with E-state index in [9.17, 15) is 5.11 Å². The van der Waals surface area contributed by atoms with Gasteiger partial charge in [-0.1, -0.05) is 11.6 Å². The fourth-order valence-corrected chi connectivity index (χ4v) is 2.40. The maximum absolute atomic E-state index is 9.95. The number of thiophene rings is 1. The molecule has 74 valence electrons. The number of hydrogen-bond donors (Lipinski definition) is 1. The van der Waals surface area contributed by atoms with Crippen LogP contribution in [0, 0.1) is 0 Å². The molecule has 2 aromatic rings. The van der Waals surface area contributed by atoms with Gasteiger partial charge in [0.05, 0.1) is 16.1 Å². The zero-order chi connectivity index (χ0) is 10.1. The van der Waals surface area contributed by atoms with Crippen LogP contribution in [0.3, 0.4) is 0 Å². The lowest BCUT2D eigenvalue weighted by atomic mass is 10.2. The highest BCUT2D eigenvalue weighted by atomic mass is 35.5. The minimum atomic E-state index is -0.670. The molecule has 3 nitrogen and oxygen atoms in total. The highest BCUT2D eigenvalue weighted by Gasteiger charge is 2.16. The van der Waals surface area contributed by atoms with Crippen molar-refractivity contribution in [1.29, 1.82) is 0 Å². The van der Waals surface area contributed by atoms with Gasteiger partial charge in [-0.25, -0.2) is 0 Å². The van der Waals surface area contributed by atoms with Crippen LogP contribution in [0.5, 0.6) is 0 Å². The van der Waals surface area contributed by atoms with Gasteiger partial charge in [-0.15, -0.1) is 11.3 Å². The van der Waals surface area contributed by atoms with E-state index in [1.165, 1.54) is 11.3 Å². The molecule has 0 saturated heterocycles. The van der Waals surface area contributed by atoms with Crippen LogP contribution in [0.1, 0.15) is 16.5 Å². The molecule has 2 heterocycles. The van der Waals surface area contributed by atoms with Gasteiger partial charge in [-0.2, -0.15) is 5.10 Å². The maximum Gasteiger partial charge on any atom is 0.118 e. The number of rotatable bonds is 2. The summed E-state index contributed by atoms with van der Waals surface area (Å²) >= 11 is 7.36. The van der Waals surface area contributed by atoms with Crippen LogP contribution in [0.2, 0.25) is 5.02 Å². The highest BCUT2D eigenvalue weighted by Crippen LogP contribution is 2.32. The zero-order valence-corrected chi connectivity index (χ0v) is 9.09. The van der Waals surface area contributed by atoms with Crippen LogP contribution < -0.4 is 0 Å². The summed E-state index contributed by atoms with van der Waals surface area (Å²) in [6, 6.07) is 1.78. The van der Waals surface area contributed by atoms with Gasteiger partial charge in [-0.3, -0.25) is 4.68 Å². The molecule has 0 fully saturated rings. The van der Waals surface area contributed by atoms with Crippen molar-refractivity contribution in [1.82, 2.24) is 9.78 Å². The average Bonchev–Trinajstić information content (AvgIpc) is 2.73. The molecule has 0 aliphatic rings. The molecule has 2 aromatic heterocycles. The Labute approximate surface area is 90.6 Å². The van der Waals surface area contributed by atoms with Gasteiger partial charge in [0.1, 0.15) is 6.10 Å². The summed E-state index contributed by atoms with van der Waals surface area (Å²) in [7, 11) is 1.81. The lowest BCUT2D eigenvalue weighted by Crippen LogP contribution is -1.95. The Bertz CT molecular complexity index is 437. The van der Waals surface area contributed by atoms with Gasteiger partial charge >= 0.3 is 0 Å².